The molecule has 0 saturated heterocycles. The van der Waals surface area contributed by atoms with Crippen molar-refractivity contribution in [3.8, 4) is 11.8 Å². The second-order valence-electron chi connectivity index (χ2n) is 3.65. The maximum absolute atomic E-state index is 8.73. The minimum atomic E-state index is -0.198. The number of rotatable bonds is 4. The van der Waals surface area contributed by atoms with E-state index in [1.165, 1.54) is 6.33 Å². The average Bonchev–Trinajstić information content (AvgIpc) is 2.89. The number of methoxy groups -OCH3 is 1. The molecule has 2 N–H and O–H groups in total. The molecule has 18 heavy (non-hydrogen) atoms. The first-order valence-corrected chi connectivity index (χ1v) is 5.44. The quantitative estimate of drug-likeness (QED) is 0.854. The van der Waals surface area contributed by atoms with Gasteiger partial charge in [-0.1, -0.05) is 18.2 Å². The van der Waals surface area contributed by atoms with Gasteiger partial charge >= 0.3 is 0 Å². The van der Waals surface area contributed by atoms with E-state index < -0.39 is 0 Å². The first-order chi connectivity index (χ1) is 8.80. The van der Waals surface area contributed by atoms with Gasteiger partial charge in [-0.2, -0.15) is 5.26 Å². The van der Waals surface area contributed by atoms with E-state index in [9.17, 15) is 0 Å². The molecule has 0 aliphatic rings. The number of ether oxygens (including phenoxy) is 1. The summed E-state index contributed by atoms with van der Waals surface area (Å²) in [5.41, 5.74) is 6.70. The molecule has 1 aromatic carbocycles. The Labute approximate surface area is 105 Å². The van der Waals surface area contributed by atoms with Gasteiger partial charge in [0.1, 0.15) is 18.1 Å². The van der Waals surface area contributed by atoms with Crippen LogP contribution in [-0.4, -0.2) is 28.4 Å². The summed E-state index contributed by atoms with van der Waals surface area (Å²) >= 11 is 0. The summed E-state index contributed by atoms with van der Waals surface area (Å²) in [6.45, 7) is 0.342. The van der Waals surface area contributed by atoms with Crippen molar-refractivity contribution in [2.45, 2.75) is 6.04 Å². The van der Waals surface area contributed by atoms with Crippen LogP contribution in [0.15, 0.2) is 30.6 Å². The Morgan fingerprint density at radius 3 is 2.89 bits per heavy atom. The molecular weight excluding hydrogens is 230 g/mol. The van der Waals surface area contributed by atoms with Gasteiger partial charge in [0.2, 0.25) is 0 Å². The summed E-state index contributed by atoms with van der Waals surface area (Å²) in [5.74, 6) is 0.866. The second kappa shape index (κ2) is 5.29. The molecular formula is C12H13N5O. The first kappa shape index (κ1) is 12.1. The lowest BCUT2D eigenvalue weighted by Gasteiger charge is -2.17. The lowest BCUT2D eigenvalue weighted by atomic mass is 10.1. The minimum Gasteiger partial charge on any atom is -0.496 e. The van der Waals surface area contributed by atoms with Crippen molar-refractivity contribution in [2.75, 3.05) is 13.7 Å². The zero-order valence-corrected chi connectivity index (χ0v) is 9.95. The van der Waals surface area contributed by atoms with Crippen LogP contribution in [0.5, 0.6) is 5.75 Å². The molecule has 1 atom stereocenters. The average molecular weight is 243 g/mol. The Hall–Kier alpha value is -2.39. The standard InChI is InChI=1S/C12H13N5O/c1-18-11-5-3-2-4-9(11)10(6-13)17-8-15-12(7-14)16-17/h2-5,8,10H,6,13H2,1H3. The van der Waals surface area contributed by atoms with Crippen LogP contribution >= 0.6 is 0 Å². The van der Waals surface area contributed by atoms with E-state index in [1.54, 1.807) is 11.8 Å². The maximum atomic E-state index is 8.73. The molecule has 0 amide bonds. The van der Waals surface area contributed by atoms with Crippen LogP contribution in [-0.2, 0) is 0 Å². The summed E-state index contributed by atoms with van der Waals surface area (Å²) in [5, 5.41) is 12.8. The largest absolute Gasteiger partial charge is 0.496 e. The van der Waals surface area contributed by atoms with Crippen molar-refractivity contribution < 1.29 is 4.74 Å². The number of hydrogen-bond donors (Lipinski definition) is 1. The molecule has 2 rings (SSSR count). The summed E-state index contributed by atoms with van der Waals surface area (Å²) < 4.78 is 6.88. The molecule has 6 nitrogen and oxygen atoms in total. The van der Waals surface area contributed by atoms with E-state index in [0.717, 1.165) is 11.3 Å². The summed E-state index contributed by atoms with van der Waals surface area (Å²) in [7, 11) is 1.61. The van der Waals surface area contributed by atoms with E-state index in [0.29, 0.717) is 6.54 Å². The third-order valence-electron chi connectivity index (χ3n) is 2.65. The summed E-state index contributed by atoms with van der Waals surface area (Å²) in [6.07, 6.45) is 1.50. The van der Waals surface area contributed by atoms with Crippen LogP contribution in [0.2, 0.25) is 0 Å². The summed E-state index contributed by atoms with van der Waals surface area (Å²) in [4.78, 5) is 3.88. The predicted octanol–water partition coefficient (Wildman–Crippen LogP) is 0.706. The number of benzene rings is 1. The van der Waals surface area contributed by atoms with Crippen LogP contribution < -0.4 is 10.5 Å². The van der Waals surface area contributed by atoms with Gasteiger partial charge in [-0.15, -0.1) is 5.10 Å². The monoisotopic (exact) mass is 243 g/mol. The van der Waals surface area contributed by atoms with Gasteiger partial charge in [-0.05, 0) is 6.07 Å². The highest BCUT2D eigenvalue weighted by molar-refractivity contribution is 5.36. The molecule has 92 valence electrons. The van der Waals surface area contributed by atoms with Crippen molar-refractivity contribution in [3.05, 3.63) is 42.0 Å². The number of hydrogen-bond acceptors (Lipinski definition) is 5. The highest BCUT2D eigenvalue weighted by Crippen LogP contribution is 2.26. The van der Waals surface area contributed by atoms with Crippen molar-refractivity contribution >= 4 is 0 Å². The fourth-order valence-corrected chi connectivity index (χ4v) is 1.80. The normalized spacial score (nSPS) is 11.8. The minimum absolute atomic E-state index is 0.128. The zero-order chi connectivity index (χ0) is 13.0. The Balaban J connectivity index is 2.42. The van der Waals surface area contributed by atoms with Crippen molar-refractivity contribution in [3.63, 3.8) is 0 Å². The van der Waals surface area contributed by atoms with Crippen LogP contribution in [0, 0.1) is 11.3 Å². The number of nitrogens with two attached hydrogens (primary N) is 1. The topological polar surface area (TPSA) is 89.8 Å². The SMILES string of the molecule is COc1ccccc1C(CN)n1cnc(C#N)n1. The van der Waals surface area contributed by atoms with Crippen molar-refractivity contribution in [2.24, 2.45) is 5.73 Å². The van der Waals surface area contributed by atoms with Gasteiger partial charge < -0.3 is 10.5 Å². The van der Waals surface area contributed by atoms with E-state index >= 15 is 0 Å². The molecule has 1 unspecified atom stereocenters. The second-order valence-corrected chi connectivity index (χ2v) is 3.65. The van der Waals surface area contributed by atoms with E-state index in [1.807, 2.05) is 30.3 Å². The number of nitriles is 1. The lowest BCUT2D eigenvalue weighted by molar-refractivity contribution is 0.398. The molecule has 6 heteroatoms. The molecule has 2 aromatic rings. The molecule has 1 aromatic heterocycles. The van der Waals surface area contributed by atoms with E-state index in [4.69, 9.17) is 15.7 Å². The number of nitrogens with zero attached hydrogens (tertiary/aromatic N) is 4. The van der Waals surface area contributed by atoms with Crippen molar-refractivity contribution in [1.82, 2.24) is 14.8 Å². The molecule has 0 saturated carbocycles. The van der Waals surface area contributed by atoms with Gasteiger partial charge in [0.05, 0.1) is 13.2 Å². The van der Waals surface area contributed by atoms with Crippen LogP contribution in [0.25, 0.3) is 0 Å². The maximum Gasteiger partial charge on any atom is 0.252 e. The molecule has 0 aliphatic carbocycles. The number of aromatic nitrogens is 3. The van der Waals surface area contributed by atoms with Gasteiger partial charge in [0.15, 0.2) is 0 Å². The zero-order valence-electron chi connectivity index (χ0n) is 9.95. The molecule has 0 bridgehead atoms. The Kier molecular flexibility index (Phi) is 3.55. The van der Waals surface area contributed by atoms with Crippen molar-refractivity contribution in [1.29, 1.82) is 5.26 Å². The number of para-hydroxylation sites is 1. The third-order valence-corrected chi connectivity index (χ3v) is 2.65. The highest BCUT2D eigenvalue weighted by Gasteiger charge is 2.17. The van der Waals surface area contributed by atoms with Crippen LogP contribution in [0.1, 0.15) is 17.4 Å². The van der Waals surface area contributed by atoms with E-state index in [2.05, 4.69) is 10.1 Å². The van der Waals surface area contributed by atoms with Crippen LogP contribution in [0.3, 0.4) is 0 Å². The fourth-order valence-electron chi connectivity index (χ4n) is 1.80. The van der Waals surface area contributed by atoms with Gasteiger partial charge in [-0.25, -0.2) is 9.67 Å². The molecule has 0 fully saturated rings. The first-order valence-electron chi connectivity index (χ1n) is 5.44. The Morgan fingerprint density at radius 2 is 2.28 bits per heavy atom. The molecule has 0 spiro atoms. The molecule has 0 aliphatic heterocycles. The summed E-state index contributed by atoms with van der Waals surface area (Å²) in [6, 6.07) is 9.27. The Bertz CT molecular complexity index is 572. The van der Waals surface area contributed by atoms with Crippen LogP contribution in [0.4, 0.5) is 0 Å². The highest BCUT2D eigenvalue weighted by atomic mass is 16.5. The Morgan fingerprint density at radius 1 is 1.50 bits per heavy atom. The molecule has 0 radical (unpaired) electrons. The lowest BCUT2D eigenvalue weighted by Crippen LogP contribution is -2.21. The van der Waals surface area contributed by atoms with E-state index in [-0.39, 0.29) is 11.9 Å². The fraction of sp³-hybridized carbons (Fsp3) is 0.250. The smallest absolute Gasteiger partial charge is 0.252 e. The van der Waals surface area contributed by atoms with Gasteiger partial charge in [0, 0.05) is 12.1 Å². The third kappa shape index (κ3) is 2.17. The van der Waals surface area contributed by atoms with Gasteiger partial charge in [-0.3, -0.25) is 0 Å². The molecule has 1 heterocycles. The predicted molar refractivity (Wildman–Crippen MR) is 64.9 cm³/mol. The van der Waals surface area contributed by atoms with Gasteiger partial charge in [0.25, 0.3) is 5.82 Å².